The van der Waals surface area contributed by atoms with E-state index in [1.54, 1.807) is 0 Å². The highest BCUT2D eigenvalue weighted by atomic mass is 15.5. The van der Waals surface area contributed by atoms with Crippen molar-refractivity contribution in [3.63, 3.8) is 0 Å². The number of benzene rings is 14. The van der Waals surface area contributed by atoms with Gasteiger partial charge in [0.2, 0.25) is 0 Å². The molecular weight excluding hydrogens is 1680 g/mol. The molecule has 2 aliphatic carbocycles. The Morgan fingerprint density at radius 2 is 0.518 bits per heavy atom. The number of anilines is 17. The third-order valence-electron chi connectivity index (χ3n) is 28.8. The molecule has 7 aliphatic rings. The Balaban J connectivity index is 0.000000121. The van der Waals surface area contributed by atoms with Crippen LogP contribution in [0.3, 0.4) is 0 Å². The summed E-state index contributed by atoms with van der Waals surface area (Å²) in [5.41, 5.74) is 37.3. The summed E-state index contributed by atoms with van der Waals surface area (Å²) < 4.78 is 0. The minimum Gasteiger partial charge on any atom is -0.353 e. The van der Waals surface area contributed by atoms with Gasteiger partial charge in [-0.3, -0.25) is 0 Å². The molecule has 14 aromatic carbocycles. The van der Waals surface area contributed by atoms with Crippen LogP contribution < -0.4 is 49.0 Å². The maximum absolute atomic E-state index is 9.63. The van der Waals surface area contributed by atoms with Crippen molar-refractivity contribution in [1.29, 1.82) is 26.3 Å². The third-order valence-corrected chi connectivity index (χ3v) is 28.8. The standard InChI is InChI=1S/C34H27N3.C28H31N3.C22H25N3.C21H23N3.C17H17N3/c1-24-20-21-26(23-35)22-33(24)36-25(2)37(32-19-10-9-18-31(32)36)34-29(27-12-5-3-6-13-27)16-11-17-30(34)28-14-7-4-8-15-28;1-18(2)23-10-9-11-24(19(3)4)28(23)31-21(6)30(25-12-7-8-13-26(25)31)27-16-22(17-29)15-14-20(27)5;1-16-12-13-18(15-23)14-22(16)25-17(2)24(19-8-4-3-5-9-19)20-10-6-7-11-21(20)25;1-15-11-12-17(14-22)13-21(15)24-16(2)23(18-7-3-4-8-18)19-9-5-6-10-20(19)24;1-12-10-14(11-18)8-9-15(12)20-13(2)19(3)16-6-4-5-7-17(16)20/h3-22,25H,1-2H3;7-16,18-19,21H,1-6H3;6-7,10-14,17,19H,3-5,8-9H2,1-2H3;5-6,9-13,16,18H,3-4,7-8H2,1-2H3;4-10,13H,1-3H3/t25-;21-;17-;16-;13-/m00111/s1. The van der Waals surface area contributed by atoms with Gasteiger partial charge < -0.3 is 49.0 Å². The molecule has 2 saturated carbocycles. The summed E-state index contributed by atoms with van der Waals surface area (Å²) in [7, 11) is 2.11. The van der Waals surface area contributed by atoms with Gasteiger partial charge in [0.1, 0.15) is 30.8 Å². The summed E-state index contributed by atoms with van der Waals surface area (Å²) in [4.78, 5) is 24.3. The van der Waals surface area contributed by atoms with Crippen molar-refractivity contribution in [2.45, 2.75) is 209 Å². The highest BCUT2D eigenvalue weighted by molar-refractivity contribution is 6.00. The second-order valence-electron chi connectivity index (χ2n) is 37.9. The fourth-order valence-electron chi connectivity index (χ4n) is 22.0. The van der Waals surface area contributed by atoms with E-state index in [4.69, 9.17) is 5.26 Å². The SMILES string of the molecule is Cc1cc(C#N)ccc1N1c2ccccc2N(C)[C@H]1C.Cc1ccc(C#N)cc1N1c2ccccc2N(C2CCCC2)[C@H]1C.Cc1ccc(C#N)cc1N1c2ccccc2N(C2CCCCC2)[C@H]1C.Cc1ccc(C#N)cc1N1c2ccccc2N(c2c(-c3ccccc3)cccc2-c2ccccc2)[C@H]1C.Cc1ccc(C#N)cc1N1c2ccccc2N(c2c(C(C)C)cccc2C(C)C)[C@H]1C. The van der Waals surface area contributed by atoms with E-state index in [1.807, 2.05) is 78.9 Å². The van der Waals surface area contributed by atoms with Crippen molar-refractivity contribution in [3.8, 4) is 52.6 Å². The molecular formula is C122H123N15. The van der Waals surface area contributed by atoms with Gasteiger partial charge in [0.05, 0.1) is 126 Å². The van der Waals surface area contributed by atoms with Gasteiger partial charge in [0.15, 0.2) is 0 Å². The fourth-order valence-corrected chi connectivity index (χ4v) is 22.0. The number of aryl methyl sites for hydroxylation is 5. The zero-order valence-corrected chi connectivity index (χ0v) is 81.7. The topological polar surface area (TPSA) is 151 Å². The number of para-hydroxylation sites is 12. The number of rotatable bonds is 13. The van der Waals surface area contributed by atoms with Crippen LogP contribution in [0.4, 0.5) is 96.7 Å². The lowest BCUT2D eigenvalue weighted by Gasteiger charge is -2.38. The first-order valence-electron chi connectivity index (χ1n) is 48.8. The van der Waals surface area contributed by atoms with Crippen LogP contribution in [-0.4, -0.2) is 50.0 Å². The van der Waals surface area contributed by atoms with Gasteiger partial charge in [0, 0.05) is 58.7 Å². The highest BCUT2D eigenvalue weighted by Crippen LogP contribution is 2.57. The lowest BCUT2D eigenvalue weighted by Crippen LogP contribution is -2.45. The molecule has 0 unspecified atom stereocenters. The first kappa shape index (κ1) is 93.3. The molecule has 0 spiro atoms. The molecule has 5 atom stereocenters. The largest absolute Gasteiger partial charge is 0.353 e. The van der Waals surface area contributed by atoms with Gasteiger partial charge in [-0.05, 0) is 284 Å². The van der Waals surface area contributed by atoms with E-state index in [0.29, 0.717) is 40.6 Å². The van der Waals surface area contributed by atoms with E-state index in [1.165, 1.54) is 165 Å². The van der Waals surface area contributed by atoms with E-state index in [2.05, 4.69) is 414 Å². The van der Waals surface area contributed by atoms with Crippen LogP contribution in [0, 0.1) is 91.3 Å². The Morgan fingerprint density at radius 3 is 0.869 bits per heavy atom. The predicted octanol–water partition coefficient (Wildman–Crippen LogP) is 31.0. The van der Waals surface area contributed by atoms with Gasteiger partial charge >= 0.3 is 0 Å². The zero-order valence-electron chi connectivity index (χ0n) is 81.7. The van der Waals surface area contributed by atoms with Crippen molar-refractivity contribution in [1.82, 2.24) is 0 Å². The van der Waals surface area contributed by atoms with E-state index in [9.17, 15) is 21.0 Å². The van der Waals surface area contributed by atoms with Crippen LogP contribution in [0.5, 0.6) is 0 Å². The number of nitriles is 5. The minimum atomic E-state index is -0.0163. The van der Waals surface area contributed by atoms with Crippen LogP contribution >= 0.6 is 0 Å². The number of hydrogen-bond donors (Lipinski definition) is 0. The summed E-state index contributed by atoms with van der Waals surface area (Å²) in [6.45, 7) is 30.9. The second kappa shape index (κ2) is 40.8. The molecule has 5 aliphatic heterocycles. The van der Waals surface area contributed by atoms with E-state index >= 15 is 0 Å². The number of fused-ring (bicyclic) bond motifs is 5. The molecule has 21 rings (SSSR count). The number of nitrogens with zero attached hydrogens (tertiary/aromatic N) is 15. The molecule has 15 nitrogen and oxygen atoms in total. The number of hydrogen-bond acceptors (Lipinski definition) is 15. The average molecular weight is 1800 g/mol. The normalized spacial score (nSPS) is 17.2. The Labute approximate surface area is 812 Å². The molecule has 0 saturated heterocycles. The summed E-state index contributed by atoms with van der Waals surface area (Å²) in [5, 5.41) is 46.8. The Bertz CT molecular complexity index is 6890. The van der Waals surface area contributed by atoms with Crippen molar-refractivity contribution in [2.24, 2.45) is 0 Å². The molecule has 0 bridgehead atoms. The van der Waals surface area contributed by atoms with Crippen molar-refractivity contribution in [2.75, 3.05) is 56.0 Å². The van der Waals surface area contributed by atoms with Gasteiger partial charge in [-0.15, -0.1) is 0 Å². The van der Waals surface area contributed by atoms with Crippen LogP contribution in [0.2, 0.25) is 0 Å². The Hall–Kier alpha value is -15.5. The Morgan fingerprint density at radius 1 is 0.241 bits per heavy atom. The molecule has 0 radical (unpaired) electrons. The molecule has 15 heteroatoms. The molecule has 0 N–H and O–H groups in total. The van der Waals surface area contributed by atoms with E-state index in [-0.39, 0.29) is 30.8 Å². The van der Waals surface area contributed by atoms with Crippen LogP contribution in [0.1, 0.15) is 199 Å². The highest BCUT2D eigenvalue weighted by Gasteiger charge is 2.44. The average Bonchev–Trinajstić information content (AvgIpc) is 1.61. The zero-order chi connectivity index (χ0) is 96.0. The monoisotopic (exact) mass is 1800 g/mol. The van der Waals surface area contributed by atoms with E-state index < -0.39 is 0 Å². The molecule has 137 heavy (non-hydrogen) atoms. The maximum Gasteiger partial charge on any atom is 0.108 e. The summed E-state index contributed by atoms with van der Waals surface area (Å²) in [5.74, 6) is 0.844. The van der Waals surface area contributed by atoms with Crippen LogP contribution in [0.15, 0.2) is 309 Å². The van der Waals surface area contributed by atoms with Crippen LogP contribution in [0.25, 0.3) is 22.3 Å². The molecule has 0 aromatic heterocycles. The Kier molecular flexibility index (Phi) is 27.8. The van der Waals surface area contributed by atoms with Gasteiger partial charge in [-0.25, -0.2) is 0 Å². The minimum absolute atomic E-state index is 0.0163. The van der Waals surface area contributed by atoms with Gasteiger partial charge in [0.25, 0.3) is 0 Å². The van der Waals surface area contributed by atoms with E-state index in [0.717, 1.165) is 62.1 Å². The van der Waals surface area contributed by atoms with Crippen molar-refractivity contribution < 1.29 is 0 Å². The quantitative estimate of drug-likeness (QED) is 0.108. The first-order valence-corrected chi connectivity index (χ1v) is 48.8. The lowest BCUT2D eigenvalue weighted by molar-refractivity contribution is 0.400. The van der Waals surface area contributed by atoms with Crippen molar-refractivity contribution >= 4 is 96.7 Å². The van der Waals surface area contributed by atoms with Crippen LogP contribution in [-0.2, 0) is 0 Å². The van der Waals surface area contributed by atoms with Gasteiger partial charge in [-0.2, -0.15) is 26.3 Å². The first-order chi connectivity index (χ1) is 66.6. The maximum atomic E-state index is 9.63. The lowest BCUT2D eigenvalue weighted by atomic mass is 9.91. The summed E-state index contributed by atoms with van der Waals surface area (Å²) >= 11 is 0. The molecule has 5 heterocycles. The summed E-state index contributed by atoms with van der Waals surface area (Å²) in [6.07, 6.45) is 12.7. The predicted molar refractivity (Wildman–Crippen MR) is 568 cm³/mol. The molecule has 0 amide bonds. The second-order valence-corrected chi connectivity index (χ2v) is 37.9. The molecule has 686 valence electrons. The summed E-state index contributed by atoms with van der Waals surface area (Å²) in [6, 6.07) is 120. The molecule has 2 fully saturated rings. The van der Waals surface area contributed by atoms with Crippen molar-refractivity contribution in [3.05, 3.63) is 376 Å². The van der Waals surface area contributed by atoms with Gasteiger partial charge in [-0.1, -0.05) is 242 Å². The third kappa shape index (κ3) is 18.1. The fraction of sp³-hybridized carbons (Fsp3) is 0.270. The molecule has 14 aromatic rings. The smallest absolute Gasteiger partial charge is 0.108 e.